The normalized spacial score (nSPS) is 10.1. The summed E-state index contributed by atoms with van der Waals surface area (Å²) in [7, 11) is 0. The molecule has 0 spiro atoms. The molecule has 2 heterocycles. The van der Waals surface area contributed by atoms with Gasteiger partial charge >= 0.3 is 0 Å². The molecule has 0 fully saturated rings. The number of hydrogen-bond donors (Lipinski definition) is 2. The molecule has 0 aliphatic carbocycles. The largest absolute Gasteiger partial charge is 0.387 e. The molecule has 0 saturated carbocycles. The molecule has 0 radical (unpaired) electrons. The zero-order chi connectivity index (χ0) is 12.4. The third kappa shape index (κ3) is 2.11. The number of thiocarbonyl (C=S) groups is 1. The Morgan fingerprint density at radius 3 is 2.59 bits per heavy atom. The van der Waals surface area contributed by atoms with E-state index in [1.165, 1.54) is 12.3 Å². The van der Waals surface area contributed by atoms with Gasteiger partial charge in [0.1, 0.15) is 4.99 Å². The lowest BCUT2D eigenvalue weighted by molar-refractivity contribution is 0.0994. The molecule has 8 heteroatoms. The van der Waals surface area contributed by atoms with E-state index in [1.54, 1.807) is 16.8 Å². The Bertz CT molecular complexity index is 575. The average molecular weight is 248 g/mol. The SMILES string of the molecule is NC(=O)c1ccc(-n2ccnc2C(N)=S)nn1. The summed E-state index contributed by atoms with van der Waals surface area (Å²) in [6, 6.07) is 3.05. The molecule has 0 atom stereocenters. The molecule has 0 aliphatic rings. The first-order chi connectivity index (χ1) is 8.09. The Labute approximate surface area is 101 Å². The predicted molar refractivity (Wildman–Crippen MR) is 63.6 cm³/mol. The Morgan fingerprint density at radius 2 is 2.06 bits per heavy atom. The van der Waals surface area contributed by atoms with Crippen LogP contribution in [0, 0.1) is 0 Å². The highest BCUT2D eigenvalue weighted by Crippen LogP contribution is 2.07. The van der Waals surface area contributed by atoms with Gasteiger partial charge in [-0.3, -0.25) is 9.36 Å². The van der Waals surface area contributed by atoms with Crippen molar-refractivity contribution in [3.8, 4) is 5.82 Å². The quantitative estimate of drug-likeness (QED) is 0.701. The molecule has 2 aromatic rings. The summed E-state index contributed by atoms with van der Waals surface area (Å²) in [5, 5.41) is 7.52. The Kier molecular flexibility index (Phi) is 2.79. The monoisotopic (exact) mass is 248 g/mol. The maximum Gasteiger partial charge on any atom is 0.269 e. The molecule has 86 valence electrons. The zero-order valence-corrected chi connectivity index (χ0v) is 9.39. The Hall–Kier alpha value is -2.35. The highest BCUT2D eigenvalue weighted by atomic mass is 32.1. The Balaban J connectivity index is 2.43. The van der Waals surface area contributed by atoms with Gasteiger partial charge in [-0.05, 0) is 12.1 Å². The van der Waals surface area contributed by atoms with Crippen molar-refractivity contribution in [3.05, 3.63) is 36.0 Å². The summed E-state index contributed by atoms with van der Waals surface area (Å²) < 4.78 is 1.57. The fourth-order valence-corrected chi connectivity index (χ4v) is 1.41. The van der Waals surface area contributed by atoms with Crippen LogP contribution in [0.3, 0.4) is 0 Å². The van der Waals surface area contributed by atoms with Gasteiger partial charge in [0, 0.05) is 12.4 Å². The molecule has 0 saturated heterocycles. The van der Waals surface area contributed by atoms with E-state index in [2.05, 4.69) is 15.2 Å². The summed E-state index contributed by atoms with van der Waals surface area (Å²) in [6.45, 7) is 0. The van der Waals surface area contributed by atoms with Crippen molar-refractivity contribution in [2.45, 2.75) is 0 Å². The van der Waals surface area contributed by atoms with Gasteiger partial charge in [-0.25, -0.2) is 4.98 Å². The summed E-state index contributed by atoms with van der Waals surface area (Å²) in [5.41, 5.74) is 10.6. The lowest BCUT2D eigenvalue weighted by atomic mass is 10.3. The molecular weight excluding hydrogens is 240 g/mol. The van der Waals surface area contributed by atoms with E-state index in [0.29, 0.717) is 11.6 Å². The van der Waals surface area contributed by atoms with Crippen molar-refractivity contribution in [1.82, 2.24) is 19.7 Å². The van der Waals surface area contributed by atoms with E-state index in [1.807, 2.05) is 0 Å². The fourth-order valence-electron chi connectivity index (χ4n) is 1.26. The van der Waals surface area contributed by atoms with E-state index >= 15 is 0 Å². The second kappa shape index (κ2) is 4.26. The van der Waals surface area contributed by atoms with Crippen molar-refractivity contribution in [2.24, 2.45) is 11.5 Å². The van der Waals surface area contributed by atoms with Crippen molar-refractivity contribution >= 4 is 23.1 Å². The zero-order valence-electron chi connectivity index (χ0n) is 8.57. The first-order valence-corrected chi connectivity index (χ1v) is 4.97. The number of amides is 1. The third-order valence-electron chi connectivity index (χ3n) is 2.01. The number of primary amides is 1. The predicted octanol–water partition coefficient (Wildman–Crippen LogP) is -0.605. The molecular formula is C9H8N6OS. The summed E-state index contributed by atoms with van der Waals surface area (Å²) >= 11 is 4.84. The van der Waals surface area contributed by atoms with Crippen LogP contribution in [-0.2, 0) is 0 Å². The van der Waals surface area contributed by atoms with Crippen LogP contribution in [0.25, 0.3) is 5.82 Å². The molecule has 0 aliphatic heterocycles. The molecule has 4 N–H and O–H groups in total. The van der Waals surface area contributed by atoms with Crippen LogP contribution in [0.1, 0.15) is 16.3 Å². The van der Waals surface area contributed by atoms with Crippen LogP contribution in [-0.4, -0.2) is 30.6 Å². The fraction of sp³-hybridized carbons (Fsp3) is 0. The highest BCUT2D eigenvalue weighted by Gasteiger charge is 2.10. The summed E-state index contributed by atoms with van der Waals surface area (Å²) in [6.07, 6.45) is 3.18. The topological polar surface area (TPSA) is 113 Å². The van der Waals surface area contributed by atoms with Crippen LogP contribution in [0.4, 0.5) is 0 Å². The molecule has 0 aromatic carbocycles. The minimum Gasteiger partial charge on any atom is -0.387 e. The van der Waals surface area contributed by atoms with Gasteiger partial charge in [0.2, 0.25) is 0 Å². The van der Waals surface area contributed by atoms with Gasteiger partial charge in [-0.1, -0.05) is 12.2 Å². The van der Waals surface area contributed by atoms with Gasteiger partial charge in [0.05, 0.1) is 0 Å². The maximum atomic E-state index is 10.8. The van der Waals surface area contributed by atoms with E-state index in [-0.39, 0.29) is 10.7 Å². The number of carbonyl (C=O) groups excluding carboxylic acids is 1. The number of carbonyl (C=O) groups is 1. The molecule has 7 nitrogen and oxygen atoms in total. The standard InChI is InChI=1S/C9H8N6OS/c10-7(16)5-1-2-6(14-13-5)15-4-3-12-9(15)8(11)17/h1-4H,(H2,10,16)(H2,11,17). The molecule has 17 heavy (non-hydrogen) atoms. The van der Waals surface area contributed by atoms with E-state index in [4.69, 9.17) is 23.7 Å². The third-order valence-corrected chi connectivity index (χ3v) is 2.19. The number of imidazole rings is 1. The molecule has 0 bridgehead atoms. The van der Waals surface area contributed by atoms with Crippen LogP contribution >= 0.6 is 12.2 Å². The number of nitrogens with zero attached hydrogens (tertiary/aromatic N) is 4. The lowest BCUT2D eigenvalue weighted by Gasteiger charge is -2.04. The van der Waals surface area contributed by atoms with Gasteiger partial charge in [-0.15, -0.1) is 10.2 Å². The van der Waals surface area contributed by atoms with Crippen molar-refractivity contribution < 1.29 is 4.79 Å². The van der Waals surface area contributed by atoms with Crippen molar-refractivity contribution in [3.63, 3.8) is 0 Å². The van der Waals surface area contributed by atoms with Crippen LogP contribution in [0.5, 0.6) is 0 Å². The van der Waals surface area contributed by atoms with E-state index in [9.17, 15) is 4.79 Å². The number of rotatable bonds is 3. The van der Waals surface area contributed by atoms with Gasteiger partial charge in [0.15, 0.2) is 17.3 Å². The minimum atomic E-state index is -0.635. The average Bonchev–Trinajstić information content (AvgIpc) is 2.78. The number of aromatic nitrogens is 4. The highest BCUT2D eigenvalue weighted by molar-refractivity contribution is 7.80. The number of hydrogen-bond acceptors (Lipinski definition) is 5. The molecule has 0 unspecified atom stereocenters. The Morgan fingerprint density at radius 1 is 1.29 bits per heavy atom. The first-order valence-electron chi connectivity index (χ1n) is 4.56. The smallest absolute Gasteiger partial charge is 0.269 e. The van der Waals surface area contributed by atoms with E-state index in [0.717, 1.165) is 0 Å². The first kappa shape index (κ1) is 11.1. The molecule has 2 aromatic heterocycles. The number of nitrogens with two attached hydrogens (primary N) is 2. The van der Waals surface area contributed by atoms with Crippen molar-refractivity contribution in [2.75, 3.05) is 0 Å². The second-order valence-electron chi connectivity index (χ2n) is 3.13. The maximum absolute atomic E-state index is 10.8. The molecule has 1 amide bonds. The van der Waals surface area contributed by atoms with Crippen LogP contribution in [0.15, 0.2) is 24.5 Å². The molecule has 2 rings (SSSR count). The van der Waals surface area contributed by atoms with Crippen molar-refractivity contribution in [1.29, 1.82) is 0 Å². The van der Waals surface area contributed by atoms with Gasteiger partial charge in [0.25, 0.3) is 5.91 Å². The van der Waals surface area contributed by atoms with Gasteiger partial charge < -0.3 is 11.5 Å². The van der Waals surface area contributed by atoms with E-state index < -0.39 is 5.91 Å². The summed E-state index contributed by atoms with van der Waals surface area (Å²) in [4.78, 5) is 15.0. The van der Waals surface area contributed by atoms with Gasteiger partial charge in [-0.2, -0.15) is 0 Å². The van der Waals surface area contributed by atoms with Crippen LogP contribution in [0.2, 0.25) is 0 Å². The minimum absolute atomic E-state index is 0.0886. The lowest BCUT2D eigenvalue weighted by Crippen LogP contribution is -2.18. The summed E-state index contributed by atoms with van der Waals surface area (Å²) in [5.74, 6) is 0.223. The second-order valence-corrected chi connectivity index (χ2v) is 3.57. The van der Waals surface area contributed by atoms with Crippen LogP contribution < -0.4 is 11.5 Å².